The minimum Gasteiger partial charge on any atom is -0.496 e. The second-order valence-corrected chi connectivity index (χ2v) is 4.81. The summed E-state index contributed by atoms with van der Waals surface area (Å²) in [7, 11) is 1.61. The summed E-state index contributed by atoms with van der Waals surface area (Å²) >= 11 is 6.51. The number of halogens is 1. The maximum atomic E-state index is 11.2. The summed E-state index contributed by atoms with van der Waals surface area (Å²) in [5, 5.41) is -0.379. The van der Waals surface area contributed by atoms with Crippen molar-refractivity contribution >= 4 is 22.7 Å². The highest BCUT2D eigenvalue weighted by Crippen LogP contribution is 2.35. The second kappa shape index (κ2) is 5.06. The van der Waals surface area contributed by atoms with E-state index in [1.807, 2.05) is 30.3 Å². The molecule has 1 unspecified atom stereocenters. The Morgan fingerprint density at radius 1 is 1.25 bits per heavy atom. The molecule has 1 N–H and O–H groups in total. The fourth-order valence-electron chi connectivity index (χ4n) is 2.17. The Hall–Kier alpha value is -2.20. The third kappa shape index (κ3) is 2.18. The minimum absolute atomic E-state index is 0.379. The van der Waals surface area contributed by atoms with Gasteiger partial charge in [-0.1, -0.05) is 24.3 Å². The number of ether oxygens (including phenoxy) is 1. The molecule has 4 nitrogen and oxygen atoms in total. The van der Waals surface area contributed by atoms with E-state index in [4.69, 9.17) is 20.8 Å². The van der Waals surface area contributed by atoms with Gasteiger partial charge in [0.1, 0.15) is 5.75 Å². The van der Waals surface area contributed by atoms with E-state index in [9.17, 15) is 4.79 Å². The van der Waals surface area contributed by atoms with Crippen molar-refractivity contribution in [3.63, 3.8) is 0 Å². The third-order valence-corrected chi connectivity index (χ3v) is 3.64. The molecule has 0 aliphatic rings. The Bertz CT molecular complexity index is 806. The number of benzene rings is 2. The molecule has 3 rings (SSSR count). The van der Waals surface area contributed by atoms with Gasteiger partial charge in [0.25, 0.3) is 0 Å². The van der Waals surface area contributed by atoms with Gasteiger partial charge in [0, 0.05) is 5.56 Å². The van der Waals surface area contributed by atoms with Crippen molar-refractivity contribution in [1.29, 1.82) is 0 Å². The van der Waals surface area contributed by atoms with Gasteiger partial charge in [-0.3, -0.25) is 4.98 Å². The standard InChI is InChI=1S/C15H12ClNO3/c1-19-12-5-3-2-4-10(12)14(16)9-6-7-11-13(8-9)20-15(18)17-11/h2-8,14H,1H3,(H,17,18). The number of alkyl halides is 1. The maximum Gasteiger partial charge on any atom is 0.417 e. The Morgan fingerprint density at radius 3 is 2.85 bits per heavy atom. The summed E-state index contributed by atoms with van der Waals surface area (Å²) in [6, 6.07) is 13.0. The predicted molar refractivity (Wildman–Crippen MR) is 77.5 cm³/mol. The molecule has 0 aliphatic carbocycles. The van der Waals surface area contributed by atoms with Gasteiger partial charge in [-0.2, -0.15) is 0 Å². The van der Waals surface area contributed by atoms with Crippen LogP contribution in [0, 0.1) is 0 Å². The van der Waals surface area contributed by atoms with Crippen molar-refractivity contribution in [3.05, 3.63) is 64.1 Å². The van der Waals surface area contributed by atoms with E-state index in [1.165, 1.54) is 0 Å². The highest BCUT2D eigenvalue weighted by atomic mass is 35.5. The molecule has 0 aliphatic heterocycles. The molecule has 102 valence electrons. The van der Waals surface area contributed by atoms with Gasteiger partial charge >= 0.3 is 5.76 Å². The molecule has 0 radical (unpaired) electrons. The lowest BCUT2D eigenvalue weighted by atomic mass is 10.0. The topological polar surface area (TPSA) is 55.2 Å². The molecule has 0 saturated heterocycles. The molecule has 5 heteroatoms. The first-order valence-corrected chi connectivity index (χ1v) is 6.52. The number of nitrogens with one attached hydrogen (secondary N) is 1. The van der Waals surface area contributed by atoms with Crippen LogP contribution in [0.2, 0.25) is 0 Å². The van der Waals surface area contributed by atoms with E-state index in [-0.39, 0.29) is 5.38 Å². The van der Waals surface area contributed by atoms with Crippen molar-refractivity contribution in [3.8, 4) is 5.75 Å². The molecule has 20 heavy (non-hydrogen) atoms. The molecule has 0 spiro atoms. The van der Waals surface area contributed by atoms with Crippen LogP contribution in [0.3, 0.4) is 0 Å². The Labute approximate surface area is 119 Å². The van der Waals surface area contributed by atoms with Gasteiger partial charge in [-0.25, -0.2) is 4.79 Å². The summed E-state index contributed by atoms with van der Waals surface area (Å²) < 4.78 is 10.4. The number of aromatic nitrogens is 1. The fourth-order valence-corrected chi connectivity index (χ4v) is 2.49. The normalized spacial score (nSPS) is 12.5. The van der Waals surface area contributed by atoms with Crippen LogP contribution in [0.5, 0.6) is 5.75 Å². The molecule has 0 amide bonds. The van der Waals surface area contributed by atoms with Crippen LogP contribution in [0.15, 0.2) is 51.7 Å². The molecule has 1 atom stereocenters. The van der Waals surface area contributed by atoms with E-state index in [1.54, 1.807) is 19.2 Å². The summed E-state index contributed by atoms with van der Waals surface area (Å²) in [4.78, 5) is 13.8. The number of rotatable bonds is 3. The summed E-state index contributed by atoms with van der Waals surface area (Å²) in [5.74, 6) is 0.253. The quantitative estimate of drug-likeness (QED) is 0.751. The number of fused-ring (bicyclic) bond motifs is 1. The Morgan fingerprint density at radius 2 is 2.05 bits per heavy atom. The summed E-state index contributed by atoms with van der Waals surface area (Å²) in [6.07, 6.45) is 0. The highest BCUT2D eigenvalue weighted by Gasteiger charge is 2.16. The first-order valence-electron chi connectivity index (χ1n) is 6.09. The smallest absolute Gasteiger partial charge is 0.417 e. The van der Waals surface area contributed by atoms with Crippen LogP contribution < -0.4 is 10.5 Å². The van der Waals surface area contributed by atoms with Crippen molar-refractivity contribution in [1.82, 2.24) is 4.98 Å². The van der Waals surface area contributed by atoms with Gasteiger partial charge < -0.3 is 9.15 Å². The summed E-state index contributed by atoms with van der Waals surface area (Å²) in [5.41, 5.74) is 2.86. The van der Waals surface area contributed by atoms with E-state index in [0.717, 1.165) is 16.9 Å². The Balaban J connectivity index is 2.07. The lowest BCUT2D eigenvalue weighted by Crippen LogP contribution is -1.97. The van der Waals surface area contributed by atoms with Crippen LogP contribution in [-0.2, 0) is 0 Å². The number of methoxy groups -OCH3 is 1. The largest absolute Gasteiger partial charge is 0.496 e. The van der Waals surface area contributed by atoms with Crippen molar-refractivity contribution in [2.75, 3.05) is 7.11 Å². The lowest BCUT2D eigenvalue weighted by Gasteiger charge is -2.14. The fraction of sp³-hybridized carbons (Fsp3) is 0.133. The Kier molecular flexibility index (Phi) is 3.24. The number of oxazole rings is 1. The molecule has 1 heterocycles. The first kappa shape index (κ1) is 12.8. The highest BCUT2D eigenvalue weighted by molar-refractivity contribution is 6.23. The third-order valence-electron chi connectivity index (χ3n) is 3.15. The molecule has 0 bridgehead atoms. The first-order chi connectivity index (χ1) is 9.69. The van der Waals surface area contributed by atoms with Gasteiger partial charge in [0.15, 0.2) is 5.58 Å². The number of para-hydroxylation sites is 1. The van der Waals surface area contributed by atoms with Gasteiger partial charge in [0.2, 0.25) is 0 Å². The van der Waals surface area contributed by atoms with Crippen LogP contribution in [0.4, 0.5) is 0 Å². The average Bonchev–Trinajstić information content (AvgIpc) is 2.85. The zero-order valence-electron chi connectivity index (χ0n) is 10.7. The predicted octanol–water partition coefficient (Wildman–Crippen LogP) is 3.46. The number of hydrogen-bond donors (Lipinski definition) is 1. The van der Waals surface area contributed by atoms with E-state index in [0.29, 0.717) is 11.1 Å². The van der Waals surface area contributed by atoms with E-state index < -0.39 is 5.76 Å². The molecule has 2 aromatic carbocycles. The number of hydrogen-bond acceptors (Lipinski definition) is 3. The van der Waals surface area contributed by atoms with Crippen LogP contribution in [-0.4, -0.2) is 12.1 Å². The van der Waals surface area contributed by atoms with Crippen LogP contribution in [0.25, 0.3) is 11.1 Å². The van der Waals surface area contributed by atoms with E-state index >= 15 is 0 Å². The molecular formula is C15H12ClNO3. The lowest BCUT2D eigenvalue weighted by molar-refractivity contribution is 0.410. The molecule has 3 aromatic rings. The van der Waals surface area contributed by atoms with Crippen molar-refractivity contribution in [2.45, 2.75) is 5.38 Å². The summed E-state index contributed by atoms with van der Waals surface area (Å²) in [6.45, 7) is 0. The number of aromatic amines is 1. The molecule has 1 aromatic heterocycles. The second-order valence-electron chi connectivity index (χ2n) is 4.37. The number of H-pyrrole nitrogens is 1. The van der Waals surface area contributed by atoms with Crippen molar-refractivity contribution in [2.24, 2.45) is 0 Å². The molecule has 0 saturated carbocycles. The van der Waals surface area contributed by atoms with Crippen molar-refractivity contribution < 1.29 is 9.15 Å². The van der Waals surface area contributed by atoms with E-state index in [2.05, 4.69) is 4.98 Å². The van der Waals surface area contributed by atoms with Gasteiger partial charge in [0.05, 0.1) is 18.0 Å². The van der Waals surface area contributed by atoms with Crippen LogP contribution >= 0.6 is 11.6 Å². The zero-order valence-corrected chi connectivity index (χ0v) is 11.5. The molecule has 0 fully saturated rings. The monoisotopic (exact) mass is 289 g/mol. The maximum absolute atomic E-state index is 11.2. The average molecular weight is 290 g/mol. The van der Waals surface area contributed by atoms with Gasteiger partial charge in [-0.15, -0.1) is 11.6 Å². The molecular weight excluding hydrogens is 278 g/mol. The SMILES string of the molecule is COc1ccccc1C(Cl)c1ccc2[nH]c(=O)oc2c1. The van der Waals surface area contributed by atoms with Crippen LogP contribution in [0.1, 0.15) is 16.5 Å². The minimum atomic E-state index is -0.472. The van der Waals surface area contributed by atoms with Gasteiger partial charge in [-0.05, 0) is 23.8 Å². The zero-order chi connectivity index (χ0) is 14.1.